The maximum atomic E-state index is 6.13. The smallest absolute Gasteiger partial charge is 0.0469 e. The van der Waals surface area contributed by atoms with Gasteiger partial charge in [0.25, 0.3) is 0 Å². The fraction of sp³-hybridized carbons (Fsp3) is 0.600. The molecule has 0 bridgehead atoms. The lowest BCUT2D eigenvalue weighted by Crippen LogP contribution is -2.30. The molecule has 0 aromatic heterocycles. The highest BCUT2D eigenvalue weighted by molar-refractivity contribution is 6.30. The Hall–Kier alpha value is -0.770. The Morgan fingerprint density at radius 3 is 2.79 bits per heavy atom. The lowest BCUT2D eigenvalue weighted by Gasteiger charge is -2.30. The SMILES string of the molecule is CN(CC1CCOCC1)c1cc(Cl)ccc1CCN. The number of hydrogen-bond donors (Lipinski definition) is 1. The Morgan fingerprint density at radius 2 is 2.11 bits per heavy atom. The lowest BCUT2D eigenvalue weighted by atomic mass is 9.99. The van der Waals surface area contributed by atoms with Crippen molar-refractivity contribution in [1.82, 2.24) is 0 Å². The lowest BCUT2D eigenvalue weighted by molar-refractivity contribution is 0.0685. The molecule has 1 heterocycles. The van der Waals surface area contributed by atoms with Crippen LogP contribution in [0.2, 0.25) is 5.02 Å². The van der Waals surface area contributed by atoms with Crippen LogP contribution >= 0.6 is 11.6 Å². The van der Waals surface area contributed by atoms with Gasteiger partial charge in [-0.25, -0.2) is 0 Å². The third kappa shape index (κ3) is 4.10. The average molecular weight is 283 g/mol. The van der Waals surface area contributed by atoms with E-state index in [0.717, 1.165) is 44.0 Å². The van der Waals surface area contributed by atoms with Gasteiger partial charge in [0, 0.05) is 37.5 Å². The van der Waals surface area contributed by atoms with Crippen molar-refractivity contribution < 1.29 is 4.74 Å². The molecule has 0 unspecified atom stereocenters. The van der Waals surface area contributed by atoms with Gasteiger partial charge < -0.3 is 15.4 Å². The monoisotopic (exact) mass is 282 g/mol. The van der Waals surface area contributed by atoms with Gasteiger partial charge in [-0.1, -0.05) is 17.7 Å². The fourth-order valence-electron chi connectivity index (χ4n) is 2.67. The Kier molecular flexibility index (Phi) is 5.49. The van der Waals surface area contributed by atoms with E-state index in [4.69, 9.17) is 22.1 Å². The molecule has 0 aliphatic carbocycles. The zero-order valence-electron chi connectivity index (χ0n) is 11.6. The van der Waals surface area contributed by atoms with Crippen molar-refractivity contribution in [2.24, 2.45) is 11.7 Å². The van der Waals surface area contributed by atoms with Crippen LogP contribution in [0, 0.1) is 5.92 Å². The molecular formula is C15H23ClN2O. The summed E-state index contributed by atoms with van der Waals surface area (Å²) in [5.41, 5.74) is 8.18. The third-order valence-electron chi connectivity index (χ3n) is 3.75. The van der Waals surface area contributed by atoms with Crippen molar-refractivity contribution in [3.63, 3.8) is 0 Å². The zero-order chi connectivity index (χ0) is 13.7. The Bertz CT molecular complexity index is 405. The summed E-state index contributed by atoms with van der Waals surface area (Å²) in [6, 6.07) is 6.08. The molecule has 1 fully saturated rings. The second kappa shape index (κ2) is 7.13. The highest BCUT2D eigenvalue weighted by atomic mass is 35.5. The van der Waals surface area contributed by atoms with Crippen LogP contribution in [0.15, 0.2) is 18.2 Å². The molecule has 1 aromatic carbocycles. The van der Waals surface area contributed by atoms with Crippen LogP contribution < -0.4 is 10.6 Å². The van der Waals surface area contributed by atoms with Gasteiger partial charge in [-0.3, -0.25) is 0 Å². The van der Waals surface area contributed by atoms with Crippen LogP contribution in [-0.2, 0) is 11.2 Å². The van der Waals surface area contributed by atoms with Crippen LogP contribution in [0.4, 0.5) is 5.69 Å². The molecule has 0 amide bonds. The van der Waals surface area contributed by atoms with Gasteiger partial charge in [0.2, 0.25) is 0 Å². The summed E-state index contributed by atoms with van der Waals surface area (Å²) in [5.74, 6) is 0.712. The predicted molar refractivity (Wildman–Crippen MR) is 81.0 cm³/mol. The van der Waals surface area contributed by atoms with E-state index in [1.54, 1.807) is 0 Å². The number of benzene rings is 1. The number of nitrogens with zero attached hydrogens (tertiary/aromatic N) is 1. The largest absolute Gasteiger partial charge is 0.381 e. The molecule has 2 rings (SSSR count). The van der Waals surface area contributed by atoms with Gasteiger partial charge in [-0.2, -0.15) is 0 Å². The summed E-state index contributed by atoms with van der Waals surface area (Å²) in [5, 5.41) is 0.787. The highest BCUT2D eigenvalue weighted by Crippen LogP contribution is 2.26. The summed E-state index contributed by atoms with van der Waals surface area (Å²) >= 11 is 6.13. The molecule has 1 aliphatic rings. The van der Waals surface area contributed by atoms with Crippen molar-refractivity contribution in [2.75, 3.05) is 38.3 Å². The van der Waals surface area contributed by atoms with Gasteiger partial charge in [0.15, 0.2) is 0 Å². The normalized spacial score (nSPS) is 16.6. The van der Waals surface area contributed by atoms with E-state index in [1.165, 1.54) is 11.3 Å². The van der Waals surface area contributed by atoms with Crippen LogP contribution in [0.1, 0.15) is 18.4 Å². The first-order chi connectivity index (χ1) is 9.20. The molecular weight excluding hydrogens is 260 g/mol. The molecule has 0 spiro atoms. The van der Waals surface area contributed by atoms with Crippen LogP contribution in [0.25, 0.3) is 0 Å². The second-order valence-corrected chi connectivity index (χ2v) is 5.68. The minimum Gasteiger partial charge on any atom is -0.381 e. The van der Waals surface area contributed by atoms with E-state index in [-0.39, 0.29) is 0 Å². The van der Waals surface area contributed by atoms with E-state index in [2.05, 4.69) is 18.0 Å². The second-order valence-electron chi connectivity index (χ2n) is 5.25. The molecule has 1 aliphatic heterocycles. The van der Waals surface area contributed by atoms with E-state index in [9.17, 15) is 0 Å². The third-order valence-corrected chi connectivity index (χ3v) is 3.98. The van der Waals surface area contributed by atoms with E-state index in [0.29, 0.717) is 12.5 Å². The van der Waals surface area contributed by atoms with Crippen LogP contribution in [0.5, 0.6) is 0 Å². The minimum absolute atomic E-state index is 0.666. The van der Waals surface area contributed by atoms with Gasteiger partial charge >= 0.3 is 0 Å². The molecule has 0 atom stereocenters. The Labute approximate surface area is 120 Å². The molecule has 4 heteroatoms. The topological polar surface area (TPSA) is 38.5 Å². The average Bonchev–Trinajstić information content (AvgIpc) is 2.42. The molecule has 106 valence electrons. The number of nitrogens with two attached hydrogens (primary N) is 1. The van der Waals surface area contributed by atoms with E-state index in [1.807, 2.05) is 12.1 Å². The molecule has 1 aromatic rings. The fourth-order valence-corrected chi connectivity index (χ4v) is 2.84. The van der Waals surface area contributed by atoms with Crippen molar-refractivity contribution >= 4 is 17.3 Å². The maximum absolute atomic E-state index is 6.13. The van der Waals surface area contributed by atoms with Crippen molar-refractivity contribution in [2.45, 2.75) is 19.3 Å². The molecule has 0 radical (unpaired) electrons. The summed E-state index contributed by atoms with van der Waals surface area (Å²) in [6.07, 6.45) is 3.19. The number of hydrogen-bond acceptors (Lipinski definition) is 3. The van der Waals surface area contributed by atoms with Crippen LogP contribution in [0.3, 0.4) is 0 Å². The molecule has 3 nitrogen and oxygen atoms in total. The summed E-state index contributed by atoms with van der Waals surface area (Å²) in [6.45, 7) is 3.51. The van der Waals surface area contributed by atoms with E-state index >= 15 is 0 Å². The van der Waals surface area contributed by atoms with Crippen molar-refractivity contribution in [3.05, 3.63) is 28.8 Å². The van der Waals surface area contributed by atoms with Crippen molar-refractivity contribution in [3.8, 4) is 0 Å². The van der Waals surface area contributed by atoms with E-state index < -0.39 is 0 Å². The number of anilines is 1. The van der Waals surface area contributed by atoms with Gasteiger partial charge in [-0.05, 0) is 49.4 Å². The summed E-state index contributed by atoms with van der Waals surface area (Å²) in [7, 11) is 2.14. The first-order valence-electron chi connectivity index (χ1n) is 6.98. The standard InChI is InChI=1S/C15H23ClN2O/c1-18(11-12-5-8-19-9-6-12)15-10-14(16)3-2-13(15)4-7-17/h2-3,10,12H,4-9,11,17H2,1H3. The zero-order valence-corrected chi connectivity index (χ0v) is 12.3. The van der Waals surface area contributed by atoms with Gasteiger partial charge in [0.1, 0.15) is 0 Å². The van der Waals surface area contributed by atoms with Crippen LogP contribution in [-0.4, -0.2) is 33.4 Å². The van der Waals surface area contributed by atoms with Crippen molar-refractivity contribution in [1.29, 1.82) is 0 Å². The van der Waals surface area contributed by atoms with Gasteiger partial charge in [0.05, 0.1) is 0 Å². The predicted octanol–water partition coefficient (Wildman–Crippen LogP) is 2.70. The summed E-state index contributed by atoms with van der Waals surface area (Å²) in [4.78, 5) is 2.31. The first kappa shape index (κ1) is 14.6. The molecule has 0 saturated carbocycles. The molecule has 2 N–H and O–H groups in total. The van der Waals surface area contributed by atoms with Gasteiger partial charge in [-0.15, -0.1) is 0 Å². The Balaban J connectivity index is 2.07. The number of rotatable bonds is 5. The number of ether oxygens (including phenoxy) is 1. The maximum Gasteiger partial charge on any atom is 0.0469 e. The molecule has 1 saturated heterocycles. The number of halogens is 1. The first-order valence-corrected chi connectivity index (χ1v) is 7.36. The summed E-state index contributed by atoms with van der Waals surface area (Å²) < 4.78 is 5.41. The quantitative estimate of drug-likeness (QED) is 0.902. The minimum atomic E-state index is 0.666. The molecule has 19 heavy (non-hydrogen) atoms. The Morgan fingerprint density at radius 1 is 1.37 bits per heavy atom. The highest BCUT2D eigenvalue weighted by Gasteiger charge is 2.17.